The fourth-order valence-electron chi connectivity index (χ4n) is 2.03. The molecule has 0 aliphatic carbocycles. The van der Waals surface area contributed by atoms with Crippen molar-refractivity contribution in [1.29, 1.82) is 0 Å². The van der Waals surface area contributed by atoms with Crippen LogP contribution in [0.5, 0.6) is 5.75 Å². The van der Waals surface area contributed by atoms with Gasteiger partial charge in [-0.05, 0) is 31.9 Å². The van der Waals surface area contributed by atoms with E-state index < -0.39 is 0 Å². The standard InChI is InChI=1S/C13H18ClNO2/c1-9-3-4-11(17-9)8-15-13-7-10(16-2)5-6-12(13)14/h5-7,9,11,15H,3-4,8H2,1-2H3. The number of benzene rings is 1. The quantitative estimate of drug-likeness (QED) is 0.895. The van der Waals surface area contributed by atoms with E-state index in [9.17, 15) is 0 Å². The fourth-order valence-corrected chi connectivity index (χ4v) is 2.21. The summed E-state index contributed by atoms with van der Waals surface area (Å²) in [5, 5.41) is 4.02. The van der Waals surface area contributed by atoms with E-state index in [2.05, 4.69) is 12.2 Å². The van der Waals surface area contributed by atoms with Crippen molar-refractivity contribution in [2.45, 2.75) is 32.0 Å². The molecule has 2 atom stereocenters. The molecule has 1 heterocycles. The van der Waals surface area contributed by atoms with Crippen molar-refractivity contribution in [2.24, 2.45) is 0 Å². The molecule has 1 N–H and O–H groups in total. The second-order valence-electron chi connectivity index (χ2n) is 4.37. The predicted molar refractivity (Wildman–Crippen MR) is 70.1 cm³/mol. The topological polar surface area (TPSA) is 30.5 Å². The Morgan fingerprint density at radius 1 is 1.47 bits per heavy atom. The first-order valence-electron chi connectivity index (χ1n) is 5.92. The monoisotopic (exact) mass is 255 g/mol. The summed E-state index contributed by atoms with van der Waals surface area (Å²) in [5.74, 6) is 0.803. The summed E-state index contributed by atoms with van der Waals surface area (Å²) in [6.45, 7) is 2.90. The number of nitrogens with one attached hydrogen (secondary N) is 1. The van der Waals surface area contributed by atoms with Gasteiger partial charge in [0.2, 0.25) is 0 Å². The van der Waals surface area contributed by atoms with Crippen LogP contribution in [0.3, 0.4) is 0 Å². The normalized spacial score (nSPS) is 23.7. The van der Waals surface area contributed by atoms with Crippen LogP contribution >= 0.6 is 11.6 Å². The van der Waals surface area contributed by atoms with Gasteiger partial charge in [-0.3, -0.25) is 0 Å². The van der Waals surface area contributed by atoms with Gasteiger partial charge in [-0.25, -0.2) is 0 Å². The van der Waals surface area contributed by atoms with Gasteiger partial charge in [0, 0.05) is 12.6 Å². The summed E-state index contributed by atoms with van der Waals surface area (Å²) in [4.78, 5) is 0. The van der Waals surface area contributed by atoms with Gasteiger partial charge in [0.1, 0.15) is 5.75 Å². The Kier molecular flexibility index (Phi) is 4.13. The highest BCUT2D eigenvalue weighted by Gasteiger charge is 2.21. The first-order chi connectivity index (χ1) is 8.19. The molecule has 0 amide bonds. The molecular formula is C13H18ClNO2. The zero-order valence-corrected chi connectivity index (χ0v) is 11.0. The molecule has 1 fully saturated rings. The molecule has 17 heavy (non-hydrogen) atoms. The maximum absolute atomic E-state index is 6.11. The maximum Gasteiger partial charge on any atom is 0.121 e. The number of halogens is 1. The van der Waals surface area contributed by atoms with Gasteiger partial charge in [-0.15, -0.1) is 0 Å². The van der Waals surface area contributed by atoms with E-state index in [1.54, 1.807) is 7.11 Å². The minimum Gasteiger partial charge on any atom is -0.497 e. The van der Waals surface area contributed by atoms with Gasteiger partial charge >= 0.3 is 0 Å². The number of hydrogen-bond donors (Lipinski definition) is 1. The summed E-state index contributed by atoms with van der Waals surface area (Å²) in [5.41, 5.74) is 0.897. The summed E-state index contributed by atoms with van der Waals surface area (Å²) in [6, 6.07) is 5.59. The summed E-state index contributed by atoms with van der Waals surface area (Å²) in [6.07, 6.45) is 2.91. The van der Waals surface area contributed by atoms with Crippen molar-refractivity contribution >= 4 is 17.3 Å². The second-order valence-corrected chi connectivity index (χ2v) is 4.78. The lowest BCUT2D eigenvalue weighted by Gasteiger charge is -2.14. The Labute approximate surface area is 107 Å². The highest BCUT2D eigenvalue weighted by atomic mass is 35.5. The number of ether oxygens (including phenoxy) is 2. The van der Waals surface area contributed by atoms with Crippen molar-refractivity contribution < 1.29 is 9.47 Å². The highest BCUT2D eigenvalue weighted by molar-refractivity contribution is 6.33. The van der Waals surface area contributed by atoms with Gasteiger partial charge in [-0.1, -0.05) is 11.6 Å². The van der Waals surface area contributed by atoms with E-state index in [1.165, 1.54) is 0 Å². The third kappa shape index (κ3) is 3.27. The van der Waals surface area contributed by atoms with Crippen molar-refractivity contribution in [3.63, 3.8) is 0 Å². The van der Waals surface area contributed by atoms with Crippen LogP contribution in [0.15, 0.2) is 18.2 Å². The number of hydrogen-bond acceptors (Lipinski definition) is 3. The van der Waals surface area contributed by atoms with Gasteiger partial charge in [-0.2, -0.15) is 0 Å². The van der Waals surface area contributed by atoms with Crippen LogP contribution in [0.25, 0.3) is 0 Å². The Hall–Kier alpha value is -0.930. The average molecular weight is 256 g/mol. The second kappa shape index (κ2) is 5.61. The summed E-state index contributed by atoms with van der Waals surface area (Å²) in [7, 11) is 1.65. The van der Waals surface area contributed by atoms with Crippen LogP contribution < -0.4 is 10.1 Å². The van der Waals surface area contributed by atoms with Crippen LogP contribution in [0.4, 0.5) is 5.69 Å². The molecule has 0 saturated carbocycles. The molecule has 0 radical (unpaired) electrons. The van der Waals surface area contributed by atoms with Crippen molar-refractivity contribution in [3.8, 4) is 5.75 Å². The van der Waals surface area contributed by atoms with Crippen molar-refractivity contribution in [3.05, 3.63) is 23.2 Å². The molecule has 3 nitrogen and oxygen atoms in total. The smallest absolute Gasteiger partial charge is 0.121 e. The molecule has 94 valence electrons. The zero-order valence-electron chi connectivity index (χ0n) is 10.2. The van der Waals surface area contributed by atoms with E-state index in [4.69, 9.17) is 21.1 Å². The number of anilines is 1. The molecule has 1 aliphatic heterocycles. The van der Waals surface area contributed by atoms with E-state index >= 15 is 0 Å². The van der Waals surface area contributed by atoms with Gasteiger partial charge < -0.3 is 14.8 Å². The third-order valence-corrected chi connectivity index (χ3v) is 3.34. The molecule has 0 spiro atoms. The molecule has 2 unspecified atom stereocenters. The minimum absolute atomic E-state index is 0.285. The molecule has 1 aromatic carbocycles. The van der Waals surface area contributed by atoms with Gasteiger partial charge in [0.15, 0.2) is 0 Å². The first-order valence-corrected chi connectivity index (χ1v) is 6.29. The van der Waals surface area contributed by atoms with Crippen LogP contribution in [-0.4, -0.2) is 25.9 Å². The third-order valence-electron chi connectivity index (χ3n) is 3.01. The first kappa shape index (κ1) is 12.5. The molecule has 0 bridgehead atoms. The molecule has 1 aromatic rings. The summed E-state index contributed by atoms with van der Waals surface area (Å²) < 4.78 is 10.9. The van der Waals surface area contributed by atoms with Gasteiger partial charge in [0.25, 0.3) is 0 Å². The fraction of sp³-hybridized carbons (Fsp3) is 0.538. The van der Waals surface area contributed by atoms with Crippen LogP contribution in [-0.2, 0) is 4.74 Å². The molecule has 0 aromatic heterocycles. The molecule has 1 aliphatic rings. The van der Waals surface area contributed by atoms with Crippen LogP contribution in [0.1, 0.15) is 19.8 Å². The Morgan fingerprint density at radius 2 is 2.29 bits per heavy atom. The Bertz CT molecular complexity index is 384. The molecule has 2 rings (SSSR count). The molecular weight excluding hydrogens is 238 g/mol. The Balaban J connectivity index is 1.94. The van der Waals surface area contributed by atoms with E-state index in [0.717, 1.165) is 30.8 Å². The SMILES string of the molecule is COc1ccc(Cl)c(NCC2CCC(C)O2)c1. The highest BCUT2D eigenvalue weighted by Crippen LogP contribution is 2.27. The lowest BCUT2D eigenvalue weighted by Crippen LogP contribution is -2.19. The molecule has 4 heteroatoms. The lowest BCUT2D eigenvalue weighted by molar-refractivity contribution is 0.0637. The van der Waals surface area contributed by atoms with Crippen molar-refractivity contribution in [1.82, 2.24) is 0 Å². The average Bonchev–Trinajstić information content (AvgIpc) is 2.74. The zero-order chi connectivity index (χ0) is 12.3. The maximum atomic E-state index is 6.11. The van der Waals surface area contributed by atoms with E-state index in [0.29, 0.717) is 11.1 Å². The number of rotatable bonds is 4. The number of methoxy groups -OCH3 is 1. The largest absolute Gasteiger partial charge is 0.497 e. The van der Waals surface area contributed by atoms with E-state index in [-0.39, 0.29) is 6.10 Å². The summed E-state index contributed by atoms with van der Waals surface area (Å²) >= 11 is 6.11. The van der Waals surface area contributed by atoms with E-state index in [1.807, 2.05) is 18.2 Å². The molecule has 1 saturated heterocycles. The van der Waals surface area contributed by atoms with Gasteiger partial charge in [0.05, 0.1) is 30.0 Å². The predicted octanol–water partition coefficient (Wildman–Crippen LogP) is 3.33. The van der Waals surface area contributed by atoms with Crippen LogP contribution in [0.2, 0.25) is 5.02 Å². The van der Waals surface area contributed by atoms with Crippen molar-refractivity contribution in [2.75, 3.05) is 19.0 Å². The lowest BCUT2D eigenvalue weighted by atomic mass is 10.2. The van der Waals surface area contributed by atoms with Crippen LogP contribution in [0, 0.1) is 0 Å². The minimum atomic E-state index is 0.285. The Morgan fingerprint density at radius 3 is 2.94 bits per heavy atom.